The first-order chi connectivity index (χ1) is 6.30. The van der Waals surface area contributed by atoms with E-state index < -0.39 is 0 Å². The van der Waals surface area contributed by atoms with E-state index in [0.717, 1.165) is 12.8 Å². The molecule has 2 aliphatic carbocycles. The predicted octanol–water partition coefficient (Wildman–Crippen LogP) is 2.83. The highest BCUT2D eigenvalue weighted by atomic mass is 32.2. The Morgan fingerprint density at radius 3 is 2.46 bits per heavy atom. The third-order valence-corrected chi connectivity index (χ3v) is 4.65. The zero-order valence-electron chi connectivity index (χ0n) is 7.16. The van der Waals surface area contributed by atoms with Crippen molar-refractivity contribution in [3.05, 3.63) is 30.3 Å². The van der Waals surface area contributed by atoms with Crippen LogP contribution in [0.25, 0.3) is 0 Å². The molecule has 0 radical (unpaired) electrons. The number of fused-ring (bicyclic) bond motifs is 1. The number of hydrogen-bond acceptors (Lipinski definition) is 2. The van der Waals surface area contributed by atoms with Crippen LogP contribution in [0.2, 0.25) is 0 Å². The summed E-state index contributed by atoms with van der Waals surface area (Å²) < 4.78 is 0.323. The molecule has 0 heterocycles. The first-order valence-electron chi connectivity index (χ1n) is 4.46. The number of hydrogen-bond donors (Lipinski definition) is 0. The van der Waals surface area contributed by atoms with Crippen molar-refractivity contribution in [3.8, 4) is 6.07 Å². The van der Waals surface area contributed by atoms with Crippen molar-refractivity contribution in [2.24, 2.45) is 5.41 Å². The fourth-order valence-electron chi connectivity index (χ4n) is 1.90. The van der Waals surface area contributed by atoms with Gasteiger partial charge in [-0.2, -0.15) is 5.26 Å². The maximum atomic E-state index is 8.89. The van der Waals surface area contributed by atoms with Crippen molar-refractivity contribution in [2.75, 3.05) is 0 Å². The standard InChI is InChI=1S/C11H9NS/c12-8-10-6-11(10,7-10)13-9-4-2-1-3-5-9/h1-5H,6-7H2. The summed E-state index contributed by atoms with van der Waals surface area (Å²) in [5.41, 5.74) is 0.0769. The minimum atomic E-state index is 0.0769. The van der Waals surface area contributed by atoms with E-state index in [1.165, 1.54) is 4.90 Å². The molecule has 0 spiro atoms. The van der Waals surface area contributed by atoms with Crippen LogP contribution in [-0.4, -0.2) is 4.75 Å². The second kappa shape index (κ2) is 2.10. The summed E-state index contributed by atoms with van der Waals surface area (Å²) in [4.78, 5) is 1.30. The molecule has 1 nitrogen and oxygen atoms in total. The molecule has 2 heteroatoms. The molecule has 1 aromatic carbocycles. The summed E-state index contributed by atoms with van der Waals surface area (Å²) in [5.74, 6) is 0. The summed E-state index contributed by atoms with van der Waals surface area (Å²) in [6, 6.07) is 12.8. The first kappa shape index (κ1) is 7.46. The van der Waals surface area contributed by atoms with Crippen molar-refractivity contribution in [1.29, 1.82) is 5.26 Å². The minimum Gasteiger partial charge on any atom is -0.198 e. The molecule has 2 aliphatic rings. The maximum Gasteiger partial charge on any atom is 0.0752 e. The summed E-state index contributed by atoms with van der Waals surface area (Å²) in [7, 11) is 0. The summed E-state index contributed by atoms with van der Waals surface area (Å²) in [6.07, 6.45) is 2.21. The topological polar surface area (TPSA) is 23.8 Å². The molecule has 13 heavy (non-hydrogen) atoms. The van der Waals surface area contributed by atoms with Gasteiger partial charge in [0.2, 0.25) is 0 Å². The van der Waals surface area contributed by atoms with E-state index in [0.29, 0.717) is 4.75 Å². The van der Waals surface area contributed by atoms with Gasteiger partial charge < -0.3 is 0 Å². The molecule has 0 unspecified atom stereocenters. The second-order valence-corrected chi connectivity index (χ2v) is 5.41. The average molecular weight is 187 g/mol. The number of nitriles is 1. The fourth-order valence-corrected chi connectivity index (χ4v) is 3.52. The van der Waals surface area contributed by atoms with Gasteiger partial charge >= 0.3 is 0 Å². The molecule has 0 amide bonds. The molecule has 0 N–H and O–H groups in total. The van der Waals surface area contributed by atoms with Crippen LogP contribution >= 0.6 is 11.8 Å². The van der Waals surface area contributed by atoms with Gasteiger partial charge in [-0.15, -0.1) is 11.8 Å². The Morgan fingerprint density at radius 1 is 1.23 bits per heavy atom. The molecule has 2 saturated carbocycles. The maximum absolute atomic E-state index is 8.89. The Hall–Kier alpha value is -0.940. The number of thioether (sulfide) groups is 1. The molecule has 64 valence electrons. The normalized spacial score (nSPS) is 39.0. The van der Waals surface area contributed by atoms with Crippen LogP contribution in [0.4, 0.5) is 0 Å². The molecule has 1 aromatic rings. The Labute approximate surface area is 81.8 Å². The van der Waals surface area contributed by atoms with Gasteiger partial charge in [-0.1, -0.05) is 18.2 Å². The SMILES string of the molecule is N#CC12CC1(Sc1ccccc1)C2. The monoisotopic (exact) mass is 187 g/mol. The van der Waals surface area contributed by atoms with Crippen LogP contribution in [-0.2, 0) is 0 Å². The van der Waals surface area contributed by atoms with Gasteiger partial charge in [0, 0.05) is 9.64 Å². The molecule has 0 atom stereocenters. The van der Waals surface area contributed by atoms with Crippen LogP contribution in [0.15, 0.2) is 35.2 Å². The highest BCUT2D eigenvalue weighted by molar-refractivity contribution is 8.01. The van der Waals surface area contributed by atoms with E-state index in [1.54, 1.807) is 0 Å². The average Bonchev–Trinajstić information content (AvgIpc) is 2.92. The summed E-state index contributed by atoms with van der Waals surface area (Å²) in [6.45, 7) is 0. The molecule has 0 aliphatic heterocycles. The lowest BCUT2D eigenvalue weighted by atomic mass is 10.2. The predicted molar refractivity (Wildman–Crippen MR) is 52.3 cm³/mol. The lowest BCUT2D eigenvalue weighted by Gasteiger charge is -2.00. The van der Waals surface area contributed by atoms with Crippen LogP contribution in [0.3, 0.4) is 0 Å². The number of rotatable bonds is 2. The molecule has 2 fully saturated rings. The molecule has 0 saturated heterocycles. The molecule has 3 rings (SSSR count). The van der Waals surface area contributed by atoms with Gasteiger partial charge in [-0.25, -0.2) is 0 Å². The summed E-state index contributed by atoms with van der Waals surface area (Å²) in [5, 5.41) is 8.89. The summed E-state index contributed by atoms with van der Waals surface area (Å²) >= 11 is 1.89. The van der Waals surface area contributed by atoms with Crippen molar-refractivity contribution in [3.63, 3.8) is 0 Å². The van der Waals surface area contributed by atoms with Crippen molar-refractivity contribution in [1.82, 2.24) is 0 Å². The number of benzene rings is 1. The minimum absolute atomic E-state index is 0.0769. The Kier molecular flexibility index (Phi) is 1.21. The Morgan fingerprint density at radius 2 is 1.92 bits per heavy atom. The Balaban J connectivity index is 1.78. The van der Waals surface area contributed by atoms with E-state index >= 15 is 0 Å². The van der Waals surface area contributed by atoms with Crippen LogP contribution in [0.1, 0.15) is 12.8 Å². The van der Waals surface area contributed by atoms with E-state index in [4.69, 9.17) is 5.26 Å². The fraction of sp³-hybridized carbons (Fsp3) is 0.364. The second-order valence-electron chi connectivity index (χ2n) is 3.96. The third kappa shape index (κ3) is 0.883. The molecular weight excluding hydrogens is 178 g/mol. The van der Waals surface area contributed by atoms with Crippen molar-refractivity contribution >= 4 is 11.8 Å². The van der Waals surface area contributed by atoms with E-state index in [2.05, 4.69) is 30.3 Å². The highest BCUT2D eigenvalue weighted by Crippen LogP contribution is 2.85. The van der Waals surface area contributed by atoms with Gasteiger partial charge in [0.1, 0.15) is 0 Å². The highest BCUT2D eigenvalue weighted by Gasteiger charge is 2.85. The molecular formula is C11H9NS. The van der Waals surface area contributed by atoms with E-state index in [-0.39, 0.29) is 5.41 Å². The van der Waals surface area contributed by atoms with Gasteiger partial charge in [-0.3, -0.25) is 0 Å². The largest absolute Gasteiger partial charge is 0.198 e. The quantitative estimate of drug-likeness (QED) is 0.710. The zero-order valence-corrected chi connectivity index (χ0v) is 7.97. The van der Waals surface area contributed by atoms with Crippen LogP contribution < -0.4 is 0 Å². The van der Waals surface area contributed by atoms with Crippen molar-refractivity contribution in [2.45, 2.75) is 22.5 Å². The van der Waals surface area contributed by atoms with E-state index in [9.17, 15) is 0 Å². The van der Waals surface area contributed by atoms with Gasteiger partial charge in [0.25, 0.3) is 0 Å². The van der Waals surface area contributed by atoms with Crippen LogP contribution in [0.5, 0.6) is 0 Å². The lowest BCUT2D eigenvalue weighted by Crippen LogP contribution is -1.84. The molecule has 0 bridgehead atoms. The zero-order chi connectivity index (χ0) is 8.94. The van der Waals surface area contributed by atoms with Gasteiger partial charge in [0.05, 0.1) is 11.5 Å². The van der Waals surface area contributed by atoms with Crippen molar-refractivity contribution < 1.29 is 0 Å². The third-order valence-electron chi connectivity index (χ3n) is 3.07. The smallest absolute Gasteiger partial charge is 0.0752 e. The first-order valence-corrected chi connectivity index (χ1v) is 5.27. The van der Waals surface area contributed by atoms with Gasteiger partial charge in [-0.05, 0) is 25.0 Å². The Bertz CT molecular complexity index is 384. The van der Waals surface area contributed by atoms with E-state index in [1.807, 2.05) is 17.8 Å². The molecule has 0 aromatic heterocycles. The lowest BCUT2D eigenvalue weighted by molar-refractivity contribution is 0.817. The van der Waals surface area contributed by atoms with Crippen LogP contribution in [0, 0.1) is 16.7 Å². The van der Waals surface area contributed by atoms with Gasteiger partial charge in [0.15, 0.2) is 0 Å². The number of nitrogens with zero attached hydrogens (tertiary/aromatic N) is 1.